The molecule has 20 heavy (non-hydrogen) atoms. The normalized spacial score (nSPS) is 13.8. The van der Waals surface area contributed by atoms with E-state index in [2.05, 4.69) is 68.0 Å². The molecule has 0 bridgehead atoms. The Hall–Kier alpha value is -1.32. The molecule has 1 heterocycles. The highest BCUT2D eigenvalue weighted by atomic mass is 16.3. The van der Waals surface area contributed by atoms with E-state index in [1.54, 1.807) is 0 Å². The molecule has 1 atom stereocenters. The molecule has 2 N–H and O–H groups in total. The second-order valence-electron chi connectivity index (χ2n) is 6.72. The van der Waals surface area contributed by atoms with Gasteiger partial charge in [0, 0.05) is 42.3 Å². The predicted octanol–water partition coefficient (Wildman–Crippen LogP) is 3.16. The molecular weight excluding hydrogens is 248 g/mol. The topological polar surface area (TPSA) is 37.2 Å². The Balaban J connectivity index is 2.30. The van der Waals surface area contributed by atoms with Crippen LogP contribution in [0.4, 0.5) is 0 Å². The predicted molar refractivity (Wildman–Crippen MR) is 84.8 cm³/mol. The summed E-state index contributed by atoms with van der Waals surface area (Å²) in [6.07, 6.45) is 2.22. The molecule has 3 nitrogen and oxygen atoms in total. The van der Waals surface area contributed by atoms with Crippen LogP contribution in [0.1, 0.15) is 33.3 Å². The van der Waals surface area contributed by atoms with Crippen LogP contribution in [0.25, 0.3) is 10.9 Å². The summed E-state index contributed by atoms with van der Waals surface area (Å²) >= 11 is 0. The average Bonchev–Trinajstić information content (AvgIpc) is 2.74. The quantitative estimate of drug-likeness (QED) is 0.879. The number of fused-ring (bicyclic) bond motifs is 1. The summed E-state index contributed by atoms with van der Waals surface area (Å²) in [5.41, 5.74) is 2.68. The monoisotopic (exact) mass is 274 g/mol. The lowest BCUT2D eigenvalue weighted by atomic mass is 10.1. The minimum absolute atomic E-state index is 0.113. The molecule has 2 aromatic rings. The van der Waals surface area contributed by atoms with Crippen molar-refractivity contribution in [2.45, 2.75) is 46.3 Å². The summed E-state index contributed by atoms with van der Waals surface area (Å²) in [6, 6.07) is 8.49. The molecule has 0 spiro atoms. The van der Waals surface area contributed by atoms with Crippen LogP contribution in [0.3, 0.4) is 0 Å². The second kappa shape index (κ2) is 5.98. The fourth-order valence-electron chi connectivity index (χ4n) is 2.37. The summed E-state index contributed by atoms with van der Waals surface area (Å²) in [5, 5.41) is 14.1. The fraction of sp³-hybridized carbons (Fsp3) is 0.529. The van der Waals surface area contributed by atoms with Crippen molar-refractivity contribution >= 4 is 10.9 Å². The van der Waals surface area contributed by atoms with Gasteiger partial charge in [-0.25, -0.2) is 0 Å². The zero-order valence-corrected chi connectivity index (χ0v) is 13.0. The third-order valence-electron chi connectivity index (χ3n) is 3.50. The number of nitrogens with one attached hydrogen (secondary N) is 1. The van der Waals surface area contributed by atoms with Crippen molar-refractivity contribution in [3.05, 3.63) is 36.0 Å². The van der Waals surface area contributed by atoms with E-state index in [1.807, 2.05) is 0 Å². The van der Waals surface area contributed by atoms with Gasteiger partial charge in [-0.1, -0.05) is 25.1 Å². The molecule has 0 saturated heterocycles. The van der Waals surface area contributed by atoms with Crippen LogP contribution in [0.15, 0.2) is 30.5 Å². The highest BCUT2D eigenvalue weighted by molar-refractivity contribution is 5.83. The molecule has 0 aliphatic carbocycles. The maximum Gasteiger partial charge on any atom is 0.0483 e. The smallest absolute Gasteiger partial charge is 0.0483 e. The molecule has 1 aromatic heterocycles. The van der Waals surface area contributed by atoms with Crippen LogP contribution in [-0.2, 0) is 13.1 Å². The van der Waals surface area contributed by atoms with E-state index in [0.29, 0.717) is 0 Å². The van der Waals surface area contributed by atoms with Gasteiger partial charge in [0.1, 0.15) is 0 Å². The molecule has 0 aliphatic heterocycles. The van der Waals surface area contributed by atoms with Gasteiger partial charge in [-0.3, -0.25) is 0 Å². The largest absolute Gasteiger partial charge is 0.396 e. The molecule has 0 aliphatic rings. The van der Waals surface area contributed by atoms with E-state index in [1.165, 1.54) is 16.5 Å². The molecule has 0 saturated carbocycles. The summed E-state index contributed by atoms with van der Waals surface area (Å²) in [4.78, 5) is 0. The number of hydrogen-bond donors (Lipinski definition) is 2. The number of aliphatic hydroxyl groups excluding tert-OH is 1. The third-order valence-corrected chi connectivity index (χ3v) is 3.50. The first-order valence-corrected chi connectivity index (χ1v) is 7.33. The first-order chi connectivity index (χ1) is 9.40. The summed E-state index contributed by atoms with van der Waals surface area (Å²) < 4.78 is 2.26. The molecule has 1 aromatic carbocycles. The maximum absolute atomic E-state index is 9.26. The van der Waals surface area contributed by atoms with Crippen LogP contribution in [0.2, 0.25) is 0 Å². The summed E-state index contributed by atoms with van der Waals surface area (Å²) in [7, 11) is 0. The number of aromatic nitrogens is 1. The van der Waals surface area contributed by atoms with E-state index < -0.39 is 0 Å². The zero-order chi connectivity index (χ0) is 14.8. The van der Waals surface area contributed by atoms with Crippen molar-refractivity contribution in [1.82, 2.24) is 9.88 Å². The van der Waals surface area contributed by atoms with Gasteiger partial charge >= 0.3 is 0 Å². The minimum atomic E-state index is 0.113. The van der Waals surface area contributed by atoms with E-state index >= 15 is 0 Å². The van der Waals surface area contributed by atoms with Gasteiger partial charge in [0.15, 0.2) is 0 Å². The van der Waals surface area contributed by atoms with Gasteiger partial charge < -0.3 is 15.0 Å². The van der Waals surface area contributed by atoms with Crippen LogP contribution < -0.4 is 5.32 Å². The maximum atomic E-state index is 9.26. The van der Waals surface area contributed by atoms with E-state index in [4.69, 9.17) is 0 Å². The van der Waals surface area contributed by atoms with Crippen LogP contribution in [0.5, 0.6) is 0 Å². The Kier molecular flexibility index (Phi) is 4.51. The Morgan fingerprint density at radius 1 is 1.25 bits per heavy atom. The Morgan fingerprint density at radius 2 is 1.95 bits per heavy atom. The molecule has 0 amide bonds. The number of aliphatic hydroxyl groups is 1. The fourth-order valence-corrected chi connectivity index (χ4v) is 2.37. The van der Waals surface area contributed by atoms with Crippen molar-refractivity contribution in [2.24, 2.45) is 5.92 Å². The van der Waals surface area contributed by atoms with E-state index in [-0.39, 0.29) is 18.1 Å². The number of hydrogen-bond acceptors (Lipinski definition) is 2. The lowest BCUT2D eigenvalue weighted by molar-refractivity contribution is 0.224. The minimum Gasteiger partial charge on any atom is -0.396 e. The van der Waals surface area contributed by atoms with Gasteiger partial charge in [0.25, 0.3) is 0 Å². The Labute approximate surface area is 121 Å². The summed E-state index contributed by atoms with van der Waals surface area (Å²) in [5.74, 6) is 0.272. The van der Waals surface area contributed by atoms with Crippen molar-refractivity contribution in [3.8, 4) is 0 Å². The summed E-state index contributed by atoms with van der Waals surface area (Å²) in [6.45, 7) is 10.6. The van der Waals surface area contributed by atoms with Crippen LogP contribution in [0, 0.1) is 5.92 Å². The van der Waals surface area contributed by atoms with Gasteiger partial charge in [-0.2, -0.15) is 0 Å². The molecule has 110 valence electrons. The highest BCUT2D eigenvalue weighted by Crippen LogP contribution is 2.22. The lowest BCUT2D eigenvalue weighted by Gasteiger charge is -2.20. The molecule has 0 fully saturated rings. The first-order valence-electron chi connectivity index (χ1n) is 7.33. The average molecular weight is 274 g/mol. The number of para-hydroxylation sites is 1. The Bertz CT molecular complexity index is 566. The number of benzene rings is 1. The van der Waals surface area contributed by atoms with Gasteiger partial charge in [-0.05, 0) is 38.3 Å². The van der Waals surface area contributed by atoms with Gasteiger partial charge in [0.2, 0.25) is 0 Å². The van der Waals surface area contributed by atoms with Gasteiger partial charge in [0.05, 0.1) is 0 Å². The molecule has 2 rings (SSSR count). The van der Waals surface area contributed by atoms with Crippen molar-refractivity contribution in [1.29, 1.82) is 0 Å². The molecule has 0 radical (unpaired) electrons. The SMILES string of the molecule is CC(CO)Cn1cc(CNC(C)(C)C)c2ccccc21. The number of rotatable bonds is 5. The molecule has 3 heteroatoms. The first kappa shape index (κ1) is 15.1. The standard InChI is InChI=1S/C17H26N2O/c1-13(12-20)10-19-11-14(9-18-17(2,3)4)15-7-5-6-8-16(15)19/h5-8,11,13,18,20H,9-10,12H2,1-4H3. The van der Waals surface area contributed by atoms with E-state index in [0.717, 1.165) is 13.1 Å². The third kappa shape index (κ3) is 3.62. The lowest BCUT2D eigenvalue weighted by Crippen LogP contribution is -2.35. The van der Waals surface area contributed by atoms with Gasteiger partial charge in [-0.15, -0.1) is 0 Å². The second-order valence-corrected chi connectivity index (χ2v) is 6.72. The highest BCUT2D eigenvalue weighted by Gasteiger charge is 2.13. The Morgan fingerprint density at radius 3 is 2.60 bits per heavy atom. The van der Waals surface area contributed by atoms with Crippen LogP contribution in [-0.4, -0.2) is 21.8 Å². The zero-order valence-electron chi connectivity index (χ0n) is 13.0. The van der Waals surface area contributed by atoms with E-state index in [9.17, 15) is 5.11 Å². The molecule has 1 unspecified atom stereocenters. The van der Waals surface area contributed by atoms with Crippen molar-refractivity contribution in [3.63, 3.8) is 0 Å². The number of nitrogens with zero attached hydrogens (tertiary/aromatic N) is 1. The molecular formula is C17H26N2O. The van der Waals surface area contributed by atoms with Crippen molar-refractivity contribution in [2.75, 3.05) is 6.61 Å². The van der Waals surface area contributed by atoms with Crippen molar-refractivity contribution < 1.29 is 5.11 Å². The van der Waals surface area contributed by atoms with Crippen LogP contribution >= 0.6 is 0 Å².